The summed E-state index contributed by atoms with van der Waals surface area (Å²) in [7, 11) is 0. The number of rotatable bonds is 0. The van der Waals surface area contributed by atoms with E-state index >= 15 is 0 Å². The van der Waals surface area contributed by atoms with Gasteiger partial charge in [-0.3, -0.25) is 0 Å². The molecule has 0 aliphatic rings. The van der Waals surface area contributed by atoms with Gasteiger partial charge in [0.2, 0.25) is 0 Å². The van der Waals surface area contributed by atoms with Crippen molar-refractivity contribution in [1.29, 1.82) is 0 Å². The SMILES string of the molecule is Cl.O=[N+]([O-])O.O=[N+]([O-])O.[H-].[H-].[Sr+2]. The van der Waals surface area contributed by atoms with Gasteiger partial charge in [-0.05, 0) is 0 Å². The quantitative estimate of drug-likeness (QED) is 0.342. The predicted octanol–water partition coefficient (Wildman–Crippen LogP) is -0.429. The van der Waals surface area contributed by atoms with E-state index in [0.717, 1.165) is 0 Å². The molecule has 0 amide bonds. The van der Waals surface area contributed by atoms with E-state index in [1.807, 2.05) is 0 Å². The molecule has 0 atom stereocenters. The summed E-state index contributed by atoms with van der Waals surface area (Å²) in [6.07, 6.45) is 0. The fourth-order valence-corrected chi connectivity index (χ4v) is 0. The molecule has 0 aromatic rings. The Labute approximate surface area is 101 Å². The van der Waals surface area contributed by atoms with Gasteiger partial charge in [0.25, 0.3) is 10.2 Å². The maximum Gasteiger partial charge on any atom is 2.00 e. The van der Waals surface area contributed by atoms with E-state index in [1.54, 1.807) is 0 Å². The van der Waals surface area contributed by atoms with Crippen molar-refractivity contribution in [3.8, 4) is 0 Å². The summed E-state index contributed by atoms with van der Waals surface area (Å²) in [5.74, 6) is 0. The third-order valence-corrected chi connectivity index (χ3v) is 0. The largest absolute Gasteiger partial charge is 2.00 e. The zero-order chi connectivity index (χ0) is 7.15. The van der Waals surface area contributed by atoms with Crippen LogP contribution in [0, 0.1) is 20.2 Å². The van der Waals surface area contributed by atoms with Crippen molar-refractivity contribution >= 4 is 57.9 Å². The molecule has 10 heteroatoms. The van der Waals surface area contributed by atoms with Crippen LogP contribution in [0.3, 0.4) is 0 Å². The molecule has 0 aliphatic heterocycles. The molecule has 0 aliphatic carbocycles. The fraction of sp³-hybridized carbons (Fsp3) is 0. The summed E-state index contributed by atoms with van der Waals surface area (Å²) in [4.78, 5) is 16.7. The molecule has 0 saturated carbocycles. The van der Waals surface area contributed by atoms with Crippen LogP contribution in [-0.4, -0.2) is 66.1 Å². The van der Waals surface area contributed by atoms with Crippen LogP contribution in [0.4, 0.5) is 0 Å². The van der Waals surface area contributed by atoms with Gasteiger partial charge in [-0.2, -0.15) is 0 Å². The molecule has 0 bridgehead atoms. The Morgan fingerprint density at radius 3 is 1.10 bits per heavy atom. The van der Waals surface area contributed by atoms with E-state index in [2.05, 4.69) is 0 Å². The second-order valence-electron chi connectivity index (χ2n) is 0.476. The van der Waals surface area contributed by atoms with Gasteiger partial charge < -0.3 is 13.3 Å². The van der Waals surface area contributed by atoms with Crippen molar-refractivity contribution in [3.63, 3.8) is 0 Å². The van der Waals surface area contributed by atoms with E-state index in [4.69, 9.17) is 30.6 Å². The summed E-state index contributed by atoms with van der Waals surface area (Å²) < 4.78 is 0. The monoisotopic (exact) mass is 252 g/mol. The van der Waals surface area contributed by atoms with Crippen molar-refractivity contribution in [2.24, 2.45) is 0 Å². The second-order valence-corrected chi connectivity index (χ2v) is 0.476. The minimum absolute atomic E-state index is 0. The van der Waals surface area contributed by atoms with E-state index in [0.29, 0.717) is 0 Å². The molecule has 0 aromatic carbocycles. The maximum atomic E-state index is 8.36. The summed E-state index contributed by atoms with van der Waals surface area (Å²) in [6.45, 7) is 0. The van der Waals surface area contributed by atoms with Gasteiger partial charge in [0, 0.05) is 0 Å². The minimum Gasteiger partial charge on any atom is -1.00 e. The molecular formula is H5ClN2O6Sr. The van der Waals surface area contributed by atoms with E-state index in [1.165, 1.54) is 0 Å². The van der Waals surface area contributed by atoms with E-state index in [-0.39, 0.29) is 60.7 Å². The molecule has 2 N–H and O–H groups in total. The van der Waals surface area contributed by atoms with Crippen molar-refractivity contribution in [1.82, 2.24) is 0 Å². The topological polar surface area (TPSA) is 127 Å². The standard InChI is InChI=1S/ClH.2HNO3.Sr.2H/c;2*2-1(3)4;;;/h1H;2*(H,2,3,4);;;/q;;;+2;2*-1. The van der Waals surface area contributed by atoms with Gasteiger partial charge in [-0.15, -0.1) is 32.6 Å². The number of hydrogen-bond acceptors (Lipinski definition) is 4. The summed E-state index contributed by atoms with van der Waals surface area (Å²) in [5.41, 5.74) is 0. The van der Waals surface area contributed by atoms with Crippen molar-refractivity contribution in [3.05, 3.63) is 20.2 Å². The number of halogens is 1. The first-order chi connectivity index (χ1) is 3.46. The molecule has 10 heavy (non-hydrogen) atoms. The first-order valence-corrected chi connectivity index (χ1v) is 1.13. The Bertz CT molecular complexity index is 81.5. The van der Waals surface area contributed by atoms with Crippen LogP contribution >= 0.6 is 12.4 Å². The Hall–Kier alpha value is 0.171. The Morgan fingerprint density at radius 2 is 1.10 bits per heavy atom. The minimum atomic E-state index is -1.50. The smallest absolute Gasteiger partial charge is 1.00 e. The van der Waals surface area contributed by atoms with E-state index < -0.39 is 10.2 Å². The van der Waals surface area contributed by atoms with Crippen LogP contribution < -0.4 is 0 Å². The molecule has 8 nitrogen and oxygen atoms in total. The van der Waals surface area contributed by atoms with Crippen LogP contribution in [0.2, 0.25) is 0 Å². The molecule has 0 unspecified atom stereocenters. The molecule has 0 heterocycles. The normalized spacial score (nSPS) is 4.80. The van der Waals surface area contributed by atoms with Crippen LogP contribution in [0.25, 0.3) is 0 Å². The summed E-state index contributed by atoms with van der Waals surface area (Å²) in [6, 6.07) is 0. The number of nitrogens with zero attached hydrogens (tertiary/aromatic N) is 2. The predicted molar refractivity (Wildman–Crippen MR) is 32.8 cm³/mol. The average Bonchev–Trinajstić information content (AvgIpc) is 1.25. The zero-order valence-electron chi connectivity index (χ0n) is 6.54. The van der Waals surface area contributed by atoms with E-state index in [9.17, 15) is 0 Å². The molecule has 0 rings (SSSR count). The molecule has 60 valence electrons. The maximum absolute atomic E-state index is 8.36. The van der Waals surface area contributed by atoms with Gasteiger partial charge in [-0.1, -0.05) is 0 Å². The second kappa shape index (κ2) is 16.1. The van der Waals surface area contributed by atoms with Gasteiger partial charge in [0.05, 0.1) is 0 Å². The average molecular weight is 252 g/mol. The van der Waals surface area contributed by atoms with Gasteiger partial charge in [0.1, 0.15) is 0 Å². The Balaban J connectivity index is -0.0000000112. The summed E-state index contributed by atoms with van der Waals surface area (Å²) in [5, 5.41) is 27.3. The fourth-order valence-electron chi connectivity index (χ4n) is 0. The first kappa shape index (κ1) is 22.5. The van der Waals surface area contributed by atoms with Crippen LogP contribution in [0.5, 0.6) is 0 Å². The number of hydrogen-bond donors (Lipinski definition) is 2. The Kier molecular flexibility index (Phi) is 36.1. The molecule has 0 radical (unpaired) electrons. The van der Waals surface area contributed by atoms with Crippen LogP contribution in [0.1, 0.15) is 2.85 Å². The zero-order valence-corrected chi connectivity index (χ0v) is 8.83. The summed E-state index contributed by atoms with van der Waals surface area (Å²) >= 11 is 0. The van der Waals surface area contributed by atoms with Crippen molar-refractivity contribution < 1.29 is 23.4 Å². The van der Waals surface area contributed by atoms with Gasteiger partial charge in [-0.25, -0.2) is 0 Å². The van der Waals surface area contributed by atoms with Crippen LogP contribution in [0.15, 0.2) is 0 Å². The van der Waals surface area contributed by atoms with Crippen molar-refractivity contribution in [2.75, 3.05) is 0 Å². The molecule has 0 spiro atoms. The third-order valence-electron chi connectivity index (χ3n) is 0. The first-order valence-electron chi connectivity index (χ1n) is 1.13. The van der Waals surface area contributed by atoms with Gasteiger partial charge in [0.15, 0.2) is 0 Å². The molecule has 0 saturated heterocycles. The molecule has 0 fully saturated rings. The molecular weight excluding hydrogens is 247 g/mol. The van der Waals surface area contributed by atoms with Gasteiger partial charge >= 0.3 is 45.5 Å². The van der Waals surface area contributed by atoms with Crippen LogP contribution in [-0.2, 0) is 0 Å². The third kappa shape index (κ3) is 14400. The Morgan fingerprint density at radius 1 is 1.10 bits per heavy atom. The van der Waals surface area contributed by atoms with Crippen molar-refractivity contribution in [2.45, 2.75) is 0 Å². The molecule has 0 aromatic heterocycles.